The maximum Gasteiger partial charge on any atom is 0.352 e. The van der Waals surface area contributed by atoms with Crippen LogP contribution in [0.4, 0.5) is 19.0 Å². The summed E-state index contributed by atoms with van der Waals surface area (Å²) >= 11 is 0. The molecule has 2 N–H and O–H groups in total. The molecule has 4 rings (SSSR count). The average Bonchev–Trinajstić information content (AvgIpc) is 3.10. The highest BCUT2D eigenvalue weighted by molar-refractivity contribution is 5.90. The Labute approximate surface area is 195 Å². The van der Waals surface area contributed by atoms with Gasteiger partial charge in [-0.1, -0.05) is 36.4 Å². The fourth-order valence-corrected chi connectivity index (χ4v) is 3.45. The number of rotatable bonds is 6. The van der Waals surface area contributed by atoms with Crippen molar-refractivity contribution in [1.29, 1.82) is 0 Å². The highest BCUT2D eigenvalue weighted by Gasteiger charge is 2.63. The first kappa shape index (κ1) is 24.0. The number of nitrogen functional groups attached to an aromatic ring is 1. The van der Waals surface area contributed by atoms with E-state index in [2.05, 4.69) is 4.98 Å². The monoisotopic (exact) mass is 489 g/mol. The summed E-state index contributed by atoms with van der Waals surface area (Å²) in [6.07, 6.45) is -6.01. The Kier molecular flexibility index (Phi) is 6.56. The molecule has 2 aromatic carbocycles. The van der Waals surface area contributed by atoms with Crippen molar-refractivity contribution in [3.05, 3.63) is 94.3 Å². The lowest BCUT2D eigenvalue weighted by Crippen LogP contribution is -2.45. The van der Waals surface area contributed by atoms with Gasteiger partial charge >= 0.3 is 23.6 Å². The van der Waals surface area contributed by atoms with E-state index in [4.69, 9.17) is 19.9 Å². The number of carbonyl (C=O) groups excluding carboxylic acids is 2. The fourth-order valence-electron chi connectivity index (χ4n) is 3.45. The normalized spacial score (nSPS) is 20.8. The molecular weight excluding hydrogens is 471 g/mol. The van der Waals surface area contributed by atoms with Crippen molar-refractivity contribution in [2.45, 2.75) is 24.4 Å². The average molecular weight is 489 g/mol. The van der Waals surface area contributed by atoms with E-state index in [1.165, 1.54) is 36.4 Å². The molecule has 35 heavy (non-hydrogen) atoms. The van der Waals surface area contributed by atoms with Crippen LogP contribution in [0.15, 0.2) is 71.7 Å². The van der Waals surface area contributed by atoms with E-state index in [1.54, 1.807) is 24.3 Å². The van der Waals surface area contributed by atoms with Crippen LogP contribution in [-0.2, 0) is 14.2 Å². The Balaban J connectivity index is 1.63. The largest absolute Gasteiger partial charge is 0.459 e. The molecule has 1 aliphatic rings. The molecule has 1 fully saturated rings. The van der Waals surface area contributed by atoms with Gasteiger partial charge in [-0.3, -0.25) is 4.57 Å². The second-order valence-corrected chi connectivity index (χ2v) is 7.52. The summed E-state index contributed by atoms with van der Waals surface area (Å²) in [6.45, 7) is -0.758. The Bertz CT molecular complexity index is 1290. The number of nitrogens with two attached hydrogens (primary N) is 1. The van der Waals surface area contributed by atoms with Crippen LogP contribution in [0.1, 0.15) is 26.9 Å². The van der Waals surface area contributed by atoms with Gasteiger partial charge in [0.1, 0.15) is 12.7 Å². The summed E-state index contributed by atoms with van der Waals surface area (Å²) in [4.78, 5) is 40.2. The number of hydrogen-bond donors (Lipinski definition) is 1. The van der Waals surface area contributed by atoms with Crippen LogP contribution in [0.25, 0.3) is 0 Å². The van der Waals surface area contributed by atoms with Crippen LogP contribution in [0, 0.1) is 5.82 Å². The minimum atomic E-state index is -4.05. The molecule has 0 bridgehead atoms. The quantitative estimate of drug-likeness (QED) is 0.525. The van der Waals surface area contributed by atoms with Gasteiger partial charge in [0.05, 0.1) is 17.3 Å². The molecule has 3 atom stereocenters. The number of aromatic nitrogens is 2. The van der Waals surface area contributed by atoms with Crippen molar-refractivity contribution in [2.24, 2.45) is 0 Å². The van der Waals surface area contributed by atoms with Crippen molar-refractivity contribution in [1.82, 2.24) is 9.55 Å². The Morgan fingerprint density at radius 3 is 2.20 bits per heavy atom. The topological polar surface area (TPSA) is 123 Å². The Morgan fingerprint density at radius 2 is 1.60 bits per heavy atom. The standard InChI is InChI=1S/C23H18F3N3O6/c24-15-11-29(22(32)28-18(15)27)21-23(25,26)17(35-20(31)14-9-5-2-6-10-14)16(34-21)12-33-19(30)13-7-3-1-4-8-13/h1-11,16-17,21H,12H2,(H2,27,28,32)/t16-,17-,21?/m1/s1. The molecule has 0 aliphatic carbocycles. The summed E-state index contributed by atoms with van der Waals surface area (Å²) in [5, 5.41) is 0. The highest BCUT2D eigenvalue weighted by atomic mass is 19.3. The summed E-state index contributed by atoms with van der Waals surface area (Å²) in [6, 6.07) is 15.0. The van der Waals surface area contributed by atoms with Crippen molar-refractivity contribution in [3.63, 3.8) is 0 Å². The molecule has 0 amide bonds. The van der Waals surface area contributed by atoms with Gasteiger partial charge in [0.2, 0.25) is 6.23 Å². The Hall–Kier alpha value is -4.19. The molecule has 12 heteroatoms. The smallest absolute Gasteiger partial charge is 0.352 e. The van der Waals surface area contributed by atoms with Crippen LogP contribution < -0.4 is 11.4 Å². The lowest BCUT2D eigenvalue weighted by molar-refractivity contribution is -0.143. The maximum atomic E-state index is 15.5. The van der Waals surface area contributed by atoms with Crippen molar-refractivity contribution < 1.29 is 37.0 Å². The van der Waals surface area contributed by atoms with E-state index >= 15 is 8.78 Å². The van der Waals surface area contributed by atoms with Crippen molar-refractivity contribution in [2.75, 3.05) is 12.3 Å². The number of carbonyl (C=O) groups is 2. The second-order valence-electron chi connectivity index (χ2n) is 7.52. The first-order valence-corrected chi connectivity index (χ1v) is 10.2. The lowest BCUT2D eigenvalue weighted by Gasteiger charge is -2.24. The second kappa shape index (κ2) is 9.58. The maximum absolute atomic E-state index is 15.5. The number of alkyl halides is 2. The summed E-state index contributed by atoms with van der Waals surface area (Å²) < 4.78 is 60.5. The van der Waals surface area contributed by atoms with Gasteiger partial charge in [0.15, 0.2) is 17.7 Å². The molecule has 1 aromatic heterocycles. The highest BCUT2D eigenvalue weighted by Crippen LogP contribution is 2.44. The van der Waals surface area contributed by atoms with Gasteiger partial charge in [-0.15, -0.1) is 0 Å². The van der Waals surface area contributed by atoms with Gasteiger partial charge in [0, 0.05) is 0 Å². The van der Waals surface area contributed by atoms with Gasteiger partial charge < -0.3 is 19.9 Å². The number of nitrogens with zero attached hydrogens (tertiary/aromatic N) is 2. The van der Waals surface area contributed by atoms with Crippen LogP contribution in [-0.4, -0.2) is 46.2 Å². The molecule has 0 radical (unpaired) electrons. The molecular formula is C23H18F3N3O6. The molecule has 1 unspecified atom stereocenters. The van der Waals surface area contributed by atoms with E-state index < -0.39 is 60.2 Å². The fraction of sp³-hybridized carbons (Fsp3) is 0.217. The third kappa shape index (κ3) is 4.87. The molecule has 3 aromatic rings. The van der Waals surface area contributed by atoms with Crippen molar-refractivity contribution in [3.8, 4) is 0 Å². The van der Waals surface area contributed by atoms with Gasteiger partial charge in [-0.05, 0) is 24.3 Å². The molecule has 1 saturated heterocycles. The van der Waals surface area contributed by atoms with Gasteiger partial charge in [0.25, 0.3) is 0 Å². The predicted octanol–water partition coefficient (Wildman–Crippen LogP) is 2.58. The van der Waals surface area contributed by atoms with Gasteiger partial charge in [-0.25, -0.2) is 18.8 Å². The van der Waals surface area contributed by atoms with Crippen LogP contribution >= 0.6 is 0 Å². The molecule has 1 aliphatic heterocycles. The van der Waals surface area contributed by atoms with Crippen molar-refractivity contribution >= 4 is 17.8 Å². The summed E-state index contributed by atoms with van der Waals surface area (Å²) in [7, 11) is 0. The molecule has 2 heterocycles. The first-order chi connectivity index (χ1) is 16.7. The molecule has 9 nitrogen and oxygen atoms in total. The minimum absolute atomic E-state index is 0.0239. The van der Waals surface area contributed by atoms with Crippen LogP contribution in [0.3, 0.4) is 0 Å². The van der Waals surface area contributed by atoms with Gasteiger partial charge in [-0.2, -0.15) is 13.8 Å². The third-order valence-corrected chi connectivity index (χ3v) is 5.17. The number of ether oxygens (including phenoxy) is 3. The molecule has 0 spiro atoms. The lowest BCUT2D eigenvalue weighted by atomic mass is 10.1. The number of anilines is 1. The minimum Gasteiger partial charge on any atom is -0.459 e. The number of hydrogen-bond acceptors (Lipinski definition) is 8. The Morgan fingerprint density at radius 1 is 1.03 bits per heavy atom. The zero-order valence-corrected chi connectivity index (χ0v) is 17.8. The zero-order valence-electron chi connectivity index (χ0n) is 17.8. The third-order valence-electron chi connectivity index (χ3n) is 5.17. The summed E-state index contributed by atoms with van der Waals surface area (Å²) in [5.41, 5.74) is 4.03. The van der Waals surface area contributed by atoms with E-state index in [0.29, 0.717) is 6.20 Å². The zero-order chi connectivity index (χ0) is 25.2. The van der Waals surface area contributed by atoms with E-state index in [9.17, 15) is 18.8 Å². The number of esters is 2. The van der Waals surface area contributed by atoms with E-state index in [0.717, 1.165) is 0 Å². The van der Waals surface area contributed by atoms with Crippen LogP contribution in [0.2, 0.25) is 0 Å². The number of halogens is 3. The first-order valence-electron chi connectivity index (χ1n) is 10.2. The molecule has 0 saturated carbocycles. The predicted molar refractivity (Wildman–Crippen MR) is 114 cm³/mol. The molecule has 182 valence electrons. The van der Waals surface area contributed by atoms with E-state index in [-0.39, 0.29) is 15.7 Å². The summed E-state index contributed by atoms with van der Waals surface area (Å²) in [5.74, 6) is -8.02. The van der Waals surface area contributed by atoms with Crippen LogP contribution in [0.5, 0.6) is 0 Å². The van der Waals surface area contributed by atoms with E-state index in [1.807, 2.05) is 0 Å². The SMILES string of the molecule is Nc1nc(=O)n(C2O[C@H](COC(=O)c3ccccc3)[C@@H](OC(=O)c3ccccc3)C2(F)F)cc1F. The number of benzene rings is 2.